The van der Waals surface area contributed by atoms with Crippen LogP contribution in [0.4, 0.5) is 11.4 Å². The van der Waals surface area contributed by atoms with Gasteiger partial charge in [0.15, 0.2) is 0 Å². The third kappa shape index (κ3) is 5.73. The molecule has 3 rings (SSSR count). The van der Waals surface area contributed by atoms with E-state index in [0.717, 1.165) is 11.8 Å². The smallest absolute Gasteiger partial charge is 0.256 e. The van der Waals surface area contributed by atoms with E-state index < -0.39 is 15.9 Å². The van der Waals surface area contributed by atoms with Gasteiger partial charge in [-0.05, 0) is 49.2 Å². The summed E-state index contributed by atoms with van der Waals surface area (Å²) in [6, 6.07) is 20.9. The zero-order valence-corrected chi connectivity index (χ0v) is 18.9. The van der Waals surface area contributed by atoms with Crippen molar-refractivity contribution in [1.29, 1.82) is 0 Å². The molecule has 3 N–H and O–H groups in total. The highest BCUT2D eigenvalue weighted by Crippen LogP contribution is 2.23. The third-order valence-corrected chi connectivity index (χ3v) is 5.53. The van der Waals surface area contributed by atoms with E-state index in [-0.39, 0.29) is 11.9 Å². The summed E-state index contributed by atoms with van der Waals surface area (Å²) in [4.78, 5) is 25.9. The minimum atomic E-state index is -3.49. The van der Waals surface area contributed by atoms with Gasteiger partial charge >= 0.3 is 0 Å². The minimum Gasteiger partial charge on any atom is -0.345 e. The zero-order valence-electron chi connectivity index (χ0n) is 18.0. The maximum atomic E-state index is 13.0. The van der Waals surface area contributed by atoms with Crippen LogP contribution in [0, 0.1) is 6.92 Å². The minimum absolute atomic E-state index is 0.214. The molecule has 0 saturated heterocycles. The van der Waals surface area contributed by atoms with E-state index in [1.54, 1.807) is 49.4 Å². The van der Waals surface area contributed by atoms with Crippen molar-refractivity contribution in [3.63, 3.8) is 0 Å². The third-order valence-electron chi connectivity index (χ3n) is 4.94. The van der Waals surface area contributed by atoms with E-state index >= 15 is 0 Å². The Bertz CT molecular complexity index is 1240. The van der Waals surface area contributed by atoms with Crippen molar-refractivity contribution in [2.45, 2.75) is 19.9 Å². The first-order chi connectivity index (χ1) is 15.2. The Kier molecular flexibility index (Phi) is 6.95. The molecule has 0 bridgehead atoms. The van der Waals surface area contributed by atoms with Crippen LogP contribution in [0.2, 0.25) is 0 Å². The molecule has 3 aromatic rings. The van der Waals surface area contributed by atoms with Gasteiger partial charge in [-0.25, -0.2) is 8.42 Å². The van der Waals surface area contributed by atoms with E-state index in [1.807, 2.05) is 37.3 Å². The van der Waals surface area contributed by atoms with Gasteiger partial charge in [0.25, 0.3) is 11.8 Å². The molecule has 0 aliphatic rings. The summed E-state index contributed by atoms with van der Waals surface area (Å²) in [6.45, 7) is 3.54. The van der Waals surface area contributed by atoms with Crippen molar-refractivity contribution in [2.75, 3.05) is 16.3 Å². The van der Waals surface area contributed by atoms with E-state index in [4.69, 9.17) is 0 Å². The Balaban J connectivity index is 1.81. The van der Waals surface area contributed by atoms with Crippen LogP contribution in [-0.2, 0) is 10.0 Å². The first-order valence-electron chi connectivity index (χ1n) is 9.99. The Morgan fingerprint density at radius 2 is 1.38 bits per heavy atom. The summed E-state index contributed by atoms with van der Waals surface area (Å²) in [5.74, 6) is -0.766. The van der Waals surface area contributed by atoms with Gasteiger partial charge in [-0.1, -0.05) is 48.5 Å². The van der Waals surface area contributed by atoms with Gasteiger partial charge in [0, 0.05) is 5.56 Å². The fourth-order valence-corrected chi connectivity index (χ4v) is 3.89. The molecule has 32 heavy (non-hydrogen) atoms. The molecule has 0 heterocycles. The number of nitrogens with one attached hydrogen (secondary N) is 3. The van der Waals surface area contributed by atoms with Gasteiger partial charge in [0.2, 0.25) is 10.0 Å². The number of anilines is 2. The SMILES string of the molecule is Cc1c(NS(C)(=O)=O)cccc1C(=O)Nc1ccccc1C(=O)N[C@@H](C)c1ccccc1. The first kappa shape index (κ1) is 23.0. The largest absolute Gasteiger partial charge is 0.345 e. The maximum absolute atomic E-state index is 13.0. The van der Waals surface area contributed by atoms with E-state index in [2.05, 4.69) is 15.4 Å². The van der Waals surface area contributed by atoms with Gasteiger partial charge in [-0.15, -0.1) is 0 Å². The Labute approximate surface area is 187 Å². The molecule has 0 unspecified atom stereocenters. The lowest BCUT2D eigenvalue weighted by Gasteiger charge is -2.17. The number of para-hydroxylation sites is 1. The quantitative estimate of drug-likeness (QED) is 0.503. The highest BCUT2D eigenvalue weighted by molar-refractivity contribution is 7.92. The highest BCUT2D eigenvalue weighted by atomic mass is 32.2. The number of benzene rings is 3. The summed E-state index contributed by atoms with van der Waals surface area (Å²) in [6.07, 6.45) is 1.05. The Hall–Kier alpha value is -3.65. The van der Waals surface area contributed by atoms with Gasteiger partial charge in [0.05, 0.1) is 29.2 Å². The van der Waals surface area contributed by atoms with Crippen LogP contribution in [0.1, 0.15) is 44.8 Å². The number of carbonyl (C=O) groups excluding carboxylic acids is 2. The van der Waals surface area contributed by atoms with Crippen molar-refractivity contribution in [3.8, 4) is 0 Å². The lowest BCUT2D eigenvalue weighted by atomic mass is 10.1. The molecule has 0 radical (unpaired) electrons. The summed E-state index contributed by atoms with van der Waals surface area (Å²) in [7, 11) is -3.49. The van der Waals surface area contributed by atoms with Crippen LogP contribution >= 0.6 is 0 Å². The average molecular weight is 452 g/mol. The van der Waals surface area contributed by atoms with Gasteiger partial charge < -0.3 is 10.6 Å². The monoisotopic (exact) mass is 451 g/mol. The molecule has 0 aromatic heterocycles. The lowest BCUT2D eigenvalue weighted by molar-refractivity contribution is 0.0940. The molecule has 0 spiro atoms. The number of rotatable bonds is 7. The lowest BCUT2D eigenvalue weighted by Crippen LogP contribution is -2.28. The maximum Gasteiger partial charge on any atom is 0.256 e. The predicted octanol–water partition coefficient (Wildman–Crippen LogP) is 4.11. The zero-order chi connectivity index (χ0) is 23.3. The second-order valence-electron chi connectivity index (χ2n) is 7.46. The molecule has 3 aromatic carbocycles. The standard InChI is InChI=1S/C24H25N3O4S/c1-16-19(13-9-15-21(16)27-32(3,30)31)23(28)26-22-14-8-7-12-20(22)24(29)25-17(2)18-10-5-4-6-11-18/h4-15,17,27H,1-3H3,(H,25,29)(H,26,28)/t17-/m0/s1. The summed E-state index contributed by atoms with van der Waals surface area (Å²) < 4.78 is 25.6. The molecule has 0 fully saturated rings. The second-order valence-corrected chi connectivity index (χ2v) is 9.21. The van der Waals surface area contributed by atoms with Crippen LogP contribution in [0.3, 0.4) is 0 Å². The molecule has 0 aliphatic heterocycles. The van der Waals surface area contributed by atoms with Crippen LogP contribution in [0.15, 0.2) is 72.8 Å². The highest BCUT2D eigenvalue weighted by Gasteiger charge is 2.18. The van der Waals surface area contributed by atoms with Crippen molar-refractivity contribution >= 4 is 33.2 Å². The molecule has 8 heteroatoms. The van der Waals surface area contributed by atoms with E-state index in [1.165, 1.54) is 0 Å². The fourth-order valence-electron chi connectivity index (χ4n) is 3.27. The molecule has 166 valence electrons. The summed E-state index contributed by atoms with van der Waals surface area (Å²) in [5, 5.41) is 5.72. The van der Waals surface area contributed by atoms with Crippen LogP contribution in [0.5, 0.6) is 0 Å². The molecule has 0 saturated carbocycles. The molecule has 7 nitrogen and oxygen atoms in total. The molecular formula is C24H25N3O4S. The number of amides is 2. The number of hydrogen-bond donors (Lipinski definition) is 3. The summed E-state index contributed by atoms with van der Waals surface area (Å²) in [5.41, 5.74) is 2.75. The van der Waals surface area contributed by atoms with Crippen molar-refractivity contribution in [2.24, 2.45) is 0 Å². The number of carbonyl (C=O) groups is 2. The second kappa shape index (κ2) is 9.65. The first-order valence-corrected chi connectivity index (χ1v) is 11.9. The topological polar surface area (TPSA) is 104 Å². The Morgan fingerprint density at radius 1 is 0.781 bits per heavy atom. The van der Waals surface area contributed by atoms with Gasteiger partial charge in [-0.3, -0.25) is 14.3 Å². The normalized spacial score (nSPS) is 12.0. The van der Waals surface area contributed by atoms with Gasteiger partial charge in [-0.2, -0.15) is 0 Å². The molecule has 1 atom stereocenters. The van der Waals surface area contributed by atoms with Crippen LogP contribution in [0.25, 0.3) is 0 Å². The Morgan fingerprint density at radius 3 is 2.06 bits per heavy atom. The van der Waals surface area contributed by atoms with E-state index in [9.17, 15) is 18.0 Å². The van der Waals surface area contributed by atoms with Gasteiger partial charge in [0.1, 0.15) is 0 Å². The van der Waals surface area contributed by atoms with Crippen molar-refractivity contribution in [1.82, 2.24) is 5.32 Å². The molecule has 2 amide bonds. The van der Waals surface area contributed by atoms with Crippen LogP contribution in [-0.4, -0.2) is 26.5 Å². The fraction of sp³-hybridized carbons (Fsp3) is 0.167. The number of sulfonamides is 1. The van der Waals surface area contributed by atoms with E-state index in [0.29, 0.717) is 28.1 Å². The molecular weight excluding hydrogens is 426 g/mol. The number of hydrogen-bond acceptors (Lipinski definition) is 4. The van der Waals surface area contributed by atoms with Crippen LogP contribution < -0.4 is 15.4 Å². The average Bonchev–Trinajstić information content (AvgIpc) is 2.75. The van der Waals surface area contributed by atoms with Crippen molar-refractivity contribution < 1.29 is 18.0 Å². The summed E-state index contributed by atoms with van der Waals surface area (Å²) >= 11 is 0. The predicted molar refractivity (Wildman–Crippen MR) is 126 cm³/mol. The van der Waals surface area contributed by atoms with Crippen molar-refractivity contribution in [3.05, 3.63) is 95.1 Å². The molecule has 0 aliphatic carbocycles.